The van der Waals surface area contributed by atoms with Crippen LogP contribution >= 0.6 is 0 Å². The molecule has 1 aromatic rings. The predicted molar refractivity (Wildman–Crippen MR) is 67.6 cm³/mol. The Kier molecular flexibility index (Phi) is 4.80. The number of nitrogens with zero attached hydrogens (tertiary/aromatic N) is 1. The highest BCUT2D eigenvalue weighted by atomic mass is 19.1. The third-order valence-corrected chi connectivity index (χ3v) is 2.50. The minimum absolute atomic E-state index is 0.0568. The summed E-state index contributed by atoms with van der Waals surface area (Å²) in [6, 6.07) is 2.12. The lowest BCUT2D eigenvalue weighted by molar-refractivity contribution is -0.385. The molecule has 0 saturated heterocycles. The van der Waals surface area contributed by atoms with Gasteiger partial charge in [0.1, 0.15) is 6.04 Å². The van der Waals surface area contributed by atoms with Crippen LogP contribution in [-0.2, 0) is 4.79 Å². The van der Waals surface area contributed by atoms with Crippen LogP contribution in [0.15, 0.2) is 18.2 Å². The van der Waals surface area contributed by atoms with Gasteiger partial charge in [-0.2, -0.15) is 0 Å². The number of nitro benzene ring substituents is 1. The number of non-ortho nitro benzene ring substituents is 1. The smallest absolute Gasteiger partial charge is 0.326 e. The molecule has 0 aromatic heterocycles. The third kappa shape index (κ3) is 4.20. The van der Waals surface area contributed by atoms with Crippen LogP contribution in [0.5, 0.6) is 0 Å². The van der Waals surface area contributed by atoms with Gasteiger partial charge in [0, 0.05) is 6.07 Å². The van der Waals surface area contributed by atoms with Gasteiger partial charge in [-0.15, -0.1) is 0 Å². The first kappa shape index (κ1) is 14.9. The molecule has 6 nitrogen and oxygen atoms in total. The molecular weight excluding hydrogens is 255 g/mol. The summed E-state index contributed by atoms with van der Waals surface area (Å²) in [7, 11) is 0. The van der Waals surface area contributed by atoms with Gasteiger partial charge in [0.15, 0.2) is 5.82 Å². The number of carbonyl (C=O) groups is 1. The lowest BCUT2D eigenvalue weighted by Gasteiger charge is -2.17. The zero-order valence-corrected chi connectivity index (χ0v) is 10.6. The molecule has 0 spiro atoms. The summed E-state index contributed by atoms with van der Waals surface area (Å²) in [5, 5.41) is 22.0. The highest BCUT2D eigenvalue weighted by molar-refractivity contribution is 5.77. The first-order chi connectivity index (χ1) is 8.81. The lowest BCUT2D eigenvalue weighted by Crippen LogP contribution is -2.31. The van der Waals surface area contributed by atoms with E-state index >= 15 is 0 Å². The van der Waals surface area contributed by atoms with E-state index in [1.807, 2.05) is 13.8 Å². The molecule has 0 fully saturated rings. The molecule has 1 rings (SSSR count). The Bertz CT molecular complexity index is 491. The fraction of sp³-hybridized carbons (Fsp3) is 0.417. The number of hydrogen-bond donors (Lipinski definition) is 2. The van der Waals surface area contributed by atoms with Gasteiger partial charge < -0.3 is 10.4 Å². The van der Waals surface area contributed by atoms with Gasteiger partial charge in [-0.05, 0) is 18.4 Å². The van der Waals surface area contributed by atoms with Crippen LogP contribution < -0.4 is 5.32 Å². The standard InChI is InChI=1S/C12H15FN2O4/c1-7(2)5-11(12(16)17)14-10-4-3-8(15(18)19)6-9(10)13/h3-4,6-7,11,14H,5H2,1-2H3,(H,16,17)/t11-/m1/s1. The Labute approximate surface area is 109 Å². The van der Waals surface area contributed by atoms with Crippen molar-refractivity contribution in [3.63, 3.8) is 0 Å². The number of nitrogens with one attached hydrogen (secondary N) is 1. The van der Waals surface area contributed by atoms with E-state index < -0.39 is 22.8 Å². The number of hydrogen-bond acceptors (Lipinski definition) is 4. The van der Waals surface area contributed by atoms with Crippen molar-refractivity contribution in [3.05, 3.63) is 34.1 Å². The Morgan fingerprint density at radius 2 is 2.16 bits per heavy atom. The van der Waals surface area contributed by atoms with Gasteiger partial charge in [-0.25, -0.2) is 9.18 Å². The molecular formula is C12H15FN2O4. The molecule has 1 atom stereocenters. The zero-order chi connectivity index (χ0) is 14.6. The summed E-state index contributed by atoms with van der Waals surface area (Å²) >= 11 is 0. The van der Waals surface area contributed by atoms with Crippen molar-refractivity contribution in [1.29, 1.82) is 0 Å². The monoisotopic (exact) mass is 270 g/mol. The largest absolute Gasteiger partial charge is 0.480 e. The Hall–Kier alpha value is -2.18. The number of anilines is 1. The highest BCUT2D eigenvalue weighted by Crippen LogP contribution is 2.22. The van der Waals surface area contributed by atoms with E-state index in [2.05, 4.69) is 5.32 Å². The average Bonchev–Trinajstić information content (AvgIpc) is 2.29. The molecule has 0 radical (unpaired) electrons. The van der Waals surface area contributed by atoms with Crippen molar-refractivity contribution in [2.45, 2.75) is 26.3 Å². The van der Waals surface area contributed by atoms with Crippen molar-refractivity contribution in [2.75, 3.05) is 5.32 Å². The minimum atomic E-state index is -1.09. The van der Waals surface area contributed by atoms with Crippen molar-refractivity contribution in [1.82, 2.24) is 0 Å². The van der Waals surface area contributed by atoms with Crippen LogP contribution in [-0.4, -0.2) is 22.0 Å². The molecule has 0 aliphatic heterocycles. The van der Waals surface area contributed by atoms with Crippen LogP contribution in [0.1, 0.15) is 20.3 Å². The quantitative estimate of drug-likeness (QED) is 0.612. The normalized spacial score (nSPS) is 12.2. The molecule has 7 heteroatoms. The number of benzene rings is 1. The third-order valence-electron chi connectivity index (χ3n) is 2.50. The van der Waals surface area contributed by atoms with E-state index in [1.54, 1.807) is 0 Å². The van der Waals surface area contributed by atoms with Crippen molar-refractivity contribution in [2.24, 2.45) is 5.92 Å². The first-order valence-corrected chi connectivity index (χ1v) is 5.74. The molecule has 0 bridgehead atoms. The molecule has 0 saturated carbocycles. The molecule has 0 unspecified atom stereocenters. The van der Waals surface area contributed by atoms with Gasteiger partial charge in [-0.3, -0.25) is 10.1 Å². The molecule has 0 amide bonds. The maximum atomic E-state index is 13.6. The van der Waals surface area contributed by atoms with Crippen LogP contribution in [0, 0.1) is 21.8 Å². The van der Waals surface area contributed by atoms with Gasteiger partial charge in [0.05, 0.1) is 16.7 Å². The lowest BCUT2D eigenvalue weighted by atomic mass is 10.0. The van der Waals surface area contributed by atoms with Crippen LogP contribution in [0.2, 0.25) is 0 Å². The van der Waals surface area contributed by atoms with E-state index in [9.17, 15) is 19.3 Å². The fourth-order valence-electron chi connectivity index (χ4n) is 1.62. The minimum Gasteiger partial charge on any atom is -0.480 e. The van der Waals surface area contributed by atoms with E-state index in [1.165, 1.54) is 6.07 Å². The van der Waals surface area contributed by atoms with Gasteiger partial charge in [0.25, 0.3) is 5.69 Å². The Morgan fingerprint density at radius 1 is 1.53 bits per heavy atom. The summed E-state index contributed by atoms with van der Waals surface area (Å²) in [6.07, 6.45) is 0.325. The summed E-state index contributed by atoms with van der Waals surface area (Å²) in [5.41, 5.74) is -0.433. The summed E-state index contributed by atoms with van der Waals surface area (Å²) in [6.45, 7) is 3.70. The highest BCUT2D eigenvalue weighted by Gasteiger charge is 2.20. The predicted octanol–water partition coefficient (Wildman–Crippen LogP) is 2.65. The van der Waals surface area contributed by atoms with Crippen molar-refractivity contribution >= 4 is 17.3 Å². The van der Waals surface area contributed by atoms with E-state index in [4.69, 9.17) is 5.11 Å². The summed E-state index contributed by atoms with van der Waals surface area (Å²) < 4.78 is 13.6. The number of carboxylic acid groups (broad SMARTS) is 1. The first-order valence-electron chi connectivity index (χ1n) is 5.74. The number of nitro groups is 1. The molecule has 1 aromatic carbocycles. The maximum absolute atomic E-state index is 13.6. The Morgan fingerprint density at radius 3 is 2.58 bits per heavy atom. The summed E-state index contributed by atoms with van der Waals surface area (Å²) in [5.74, 6) is -1.81. The second-order valence-corrected chi connectivity index (χ2v) is 4.59. The fourth-order valence-corrected chi connectivity index (χ4v) is 1.62. The van der Waals surface area contributed by atoms with Gasteiger partial charge in [0.2, 0.25) is 0 Å². The number of rotatable bonds is 6. The van der Waals surface area contributed by atoms with Crippen LogP contribution in [0.3, 0.4) is 0 Å². The van der Waals surface area contributed by atoms with Crippen LogP contribution in [0.4, 0.5) is 15.8 Å². The SMILES string of the molecule is CC(C)C[C@@H](Nc1ccc([N+](=O)[O-])cc1F)C(=O)O. The number of aliphatic carboxylic acids is 1. The topological polar surface area (TPSA) is 92.5 Å². The second-order valence-electron chi connectivity index (χ2n) is 4.59. The van der Waals surface area contributed by atoms with E-state index in [0.29, 0.717) is 6.42 Å². The zero-order valence-electron chi connectivity index (χ0n) is 10.6. The Balaban J connectivity index is 2.91. The molecule has 19 heavy (non-hydrogen) atoms. The van der Waals surface area contributed by atoms with Crippen molar-refractivity contribution in [3.8, 4) is 0 Å². The van der Waals surface area contributed by atoms with Gasteiger partial charge >= 0.3 is 5.97 Å². The van der Waals surface area contributed by atoms with E-state index in [0.717, 1.165) is 12.1 Å². The molecule has 104 valence electrons. The van der Waals surface area contributed by atoms with E-state index in [-0.39, 0.29) is 17.3 Å². The van der Waals surface area contributed by atoms with Gasteiger partial charge in [-0.1, -0.05) is 13.8 Å². The molecule has 2 N–H and O–H groups in total. The molecule has 0 aliphatic carbocycles. The van der Waals surface area contributed by atoms with Crippen LogP contribution in [0.25, 0.3) is 0 Å². The number of carboxylic acids is 1. The maximum Gasteiger partial charge on any atom is 0.326 e. The molecule has 0 aliphatic rings. The average molecular weight is 270 g/mol. The second kappa shape index (κ2) is 6.12. The van der Waals surface area contributed by atoms with Crippen molar-refractivity contribution < 1.29 is 19.2 Å². The molecule has 0 heterocycles. The summed E-state index contributed by atoms with van der Waals surface area (Å²) in [4.78, 5) is 20.8. The number of halogens is 1.